The largest absolute Gasteiger partial charge is 0.416 e. The van der Waals surface area contributed by atoms with Crippen molar-refractivity contribution in [2.75, 3.05) is 19.6 Å². The summed E-state index contributed by atoms with van der Waals surface area (Å²) in [7, 11) is 0. The average Bonchev–Trinajstić information content (AvgIpc) is 3.13. The molecule has 8 heteroatoms. The number of amides is 2. The Morgan fingerprint density at radius 2 is 1.84 bits per heavy atom. The van der Waals surface area contributed by atoms with Crippen LogP contribution in [0.25, 0.3) is 0 Å². The van der Waals surface area contributed by atoms with Crippen LogP contribution in [0.1, 0.15) is 28.8 Å². The Bertz CT molecular complexity index is 651. The molecule has 2 amide bonds. The third-order valence-corrected chi connectivity index (χ3v) is 4.88. The van der Waals surface area contributed by atoms with E-state index in [0.29, 0.717) is 11.8 Å². The molecule has 2 fully saturated rings. The van der Waals surface area contributed by atoms with E-state index >= 15 is 0 Å². The molecule has 2 unspecified atom stereocenters. The van der Waals surface area contributed by atoms with Gasteiger partial charge in [-0.3, -0.25) is 9.59 Å². The molecule has 5 nitrogen and oxygen atoms in total. The monoisotopic (exact) mass is 355 g/mol. The summed E-state index contributed by atoms with van der Waals surface area (Å²) in [4.78, 5) is 23.9. The predicted octanol–water partition coefficient (Wildman–Crippen LogP) is 1.55. The van der Waals surface area contributed by atoms with E-state index in [0.717, 1.165) is 38.1 Å². The summed E-state index contributed by atoms with van der Waals surface area (Å²) in [6, 6.07) is 4.24. The first-order valence-electron chi connectivity index (χ1n) is 8.28. The fourth-order valence-electron chi connectivity index (χ4n) is 3.66. The maximum absolute atomic E-state index is 12.7. The predicted molar refractivity (Wildman–Crippen MR) is 84.8 cm³/mol. The Hall–Kier alpha value is -2.09. The molecule has 136 valence electrons. The fraction of sp³-hybridized carbons (Fsp3) is 0.529. The summed E-state index contributed by atoms with van der Waals surface area (Å²) in [5.74, 6) is 0.155. The molecule has 1 saturated heterocycles. The molecule has 0 aromatic heterocycles. The first kappa shape index (κ1) is 17.7. The molecule has 2 aliphatic rings. The molecule has 1 heterocycles. The van der Waals surface area contributed by atoms with E-state index in [-0.39, 0.29) is 24.1 Å². The number of carbonyl (C=O) groups is 2. The molecule has 2 atom stereocenters. The Morgan fingerprint density at radius 1 is 1.16 bits per heavy atom. The molecule has 1 aromatic carbocycles. The van der Waals surface area contributed by atoms with Crippen LogP contribution in [0.2, 0.25) is 0 Å². The zero-order chi connectivity index (χ0) is 18.0. The Balaban J connectivity index is 1.48. The van der Waals surface area contributed by atoms with Crippen LogP contribution >= 0.6 is 0 Å². The van der Waals surface area contributed by atoms with Crippen LogP contribution in [0.4, 0.5) is 13.2 Å². The van der Waals surface area contributed by atoms with Gasteiger partial charge in [0.25, 0.3) is 5.91 Å². The number of rotatable bonds is 4. The van der Waals surface area contributed by atoms with Gasteiger partial charge < -0.3 is 16.0 Å². The summed E-state index contributed by atoms with van der Waals surface area (Å²) >= 11 is 0. The third-order valence-electron chi connectivity index (χ3n) is 4.88. The maximum atomic E-state index is 12.7. The van der Waals surface area contributed by atoms with Gasteiger partial charge in [0.2, 0.25) is 5.91 Å². The minimum Gasteiger partial charge on any atom is -0.352 e. The number of alkyl halides is 3. The SMILES string of the molecule is O=C(CNC(=O)c1cccc(C(F)(F)F)c1)NC1CC2CNCC2C1. The number of fused-ring (bicyclic) bond motifs is 1. The normalized spacial score (nSPS) is 25.5. The lowest BCUT2D eigenvalue weighted by molar-refractivity contribution is -0.137. The molecule has 3 N–H and O–H groups in total. The van der Waals surface area contributed by atoms with Gasteiger partial charge >= 0.3 is 6.18 Å². The lowest BCUT2D eigenvalue weighted by Gasteiger charge is -2.14. The summed E-state index contributed by atoms with van der Waals surface area (Å²) in [5.41, 5.74) is -1.01. The highest BCUT2D eigenvalue weighted by atomic mass is 19.4. The van der Waals surface area contributed by atoms with E-state index in [9.17, 15) is 22.8 Å². The number of halogens is 3. The van der Waals surface area contributed by atoms with Crippen molar-refractivity contribution in [3.63, 3.8) is 0 Å². The van der Waals surface area contributed by atoms with Crippen LogP contribution in [-0.2, 0) is 11.0 Å². The van der Waals surface area contributed by atoms with Gasteiger partial charge in [-0.05, 0) is 56.0 Å². The first-order valence-corrected chi connectivity index (χ1v) is 8.28. The number of carbonyl (C=O) groups excluding carboxylic acids is 2. The van der Waals surface area contributed by atoms with Crippen molar-refractivity contribution in [3.05, 3.63) is 35.4 Å². The summed E-state index contributed by atoms with van der Waals surface area (Å²) < 4.78 is 38.0. The zero-order valence-electron chi connectivity index (χ0n) is 13.5. The Kier molecular flexibility index (Phi) is 4.99. The number of nitrogens with one attached hydrogen (secondary N) is 3. The van der Waals surface area contributed by atoms with Crippen molar-refractivity contribution >= 4 is 11.8 Å². The van der Waals surface area contributed by atoms with Gasteiger partial charge in [0, 0.05) is 11.6 Å². The Labute approximate surface area is 143 Å². The van der Waals surface area contributed by atoms with Crippen molar-refractivity contribution in [1.82, 2.24) is 16.0 Å². The van der Waals surface area contributed by atoms with Gasteiger partial charge in [0.05, 0.1) is 12.1 Å². The van der Waals surface area contributed by atoms with Crippen molar-refractivity contribution < 1.29 is 22.8 Å². The van der Waals surface area contributed by atoms with E-state index in [1.54, 1.807) is 0 Å². The molecule has 0 radical (unpaired) electrons. The van der Waals surface area contributed by atoms with Crippen LogP contribution in [0, 0.1) is 11.8 Å². The van der Waals surface area contributed by atoms with Crippen LogP contribution in [0.15, 0.2) is 24.3 Å². The highest BCUT2D eigenvalue weighted by Gasteiger charge is 2.37. The van der Waals surface area contributed by atoms with E-state index in [1.807, 2.05) is 0 Å². The van der Waals surface area contributed by atoms with Gasteiger partial charge in [-0.2, -0.15) is 13.2 Å². The molecule has 0 bridgehead atoms. The van der Waals surface area contributed by atoms with Crippen molar-refractivity contribution in [3.8, 4) is 0 Å². The summed E-state index contributed by atoms with van der Waals surface area (Å²) in [6.45, 7) is 1.70. The van der Waals surface area contributed by atoms with E-state index in [1.165, 1.54) is 12.1 Å². The second kappa shape index (κ2) is 7.03. The molecular formula is C17H20F3N3O2. The van der Waals surface area contributed by atoms with Crippen molar-refractivity contribution in [1.29, 1.82) is 0 Å². The highest BCUT2D eigenvalue weighted by molar-refractivity contribution is 5.96. The topological polar surface area (TPSA) is 70.2 Å². The minimum absolute atomic E-state index is 0.107. The molecule has 1 saturated carbocycles. The van der Waals surface area contributed by atoms with Gasteiger partial charge in [-0.15, -0.1) is 0 Å². The molecular weight excluding hydrogens is 335 g/mol. The average molecular weight is 355 g/mol. The van der Waals surface area contributed by atoms with E-state index in [2.05, 4.69) is 16.0 Å². The molecule has 1 aromatic rings. The van der Waals surface area contributed by atoms with Gasteiger partial charge in [0.15, 0.2) is 0 Å². The second-order valence-electron chi connectivity index (χ2n) is 6.68. The third kappa shape index (κ3) is 4.31. The van der Waals surface area contributed by atoms with Crippen molar-refractivity contribution in [2.45, 2.75) is 25.1 Å². The first-order chi connectivity index (χ1) is 11.8. The fourth-order valence-corrected chi connectivity index (χ4v) is 3.66. The quantitative estimate of drug-likeness (QED) is 0.768. The molecule has 0 spiro atoms. The second-order valence-corrected chi connectivity index (χ2v) is 6.68. The standard InChI is InChI=1S/C17H20F3N3O2/c18-17(19,20)13-3-1-2-10(4-13)16(25)22-9-15(24)23-14-5-11-7-21-8-12(11)6-14/h1-4,11-12,14,21H,5-9H2,(H,22,25)(H,23,24). The van der Waals surface area contributed by atoms with Crippen LogP contribution in [0.3, 0.4) is 0 Å². The van der Waals surface area contributed by atoms with Gasteiger partial charge in [0.1, 0.15) is 0 Å². The van der Waals surface area contributed by atoms with Crippen LogP contribution < -0.4 is 16.0 Å². The smallest absolute Gasteiger partial charge is 0.352 e. The maximum Gasteiger partial charge on any atom is 0.416 e. The minimum atomic E-state index is -4.51. The molecule has 1 aliphatic heterocycles. The number of hydrogen-bond acceptors (Lipinski definition) is 3. The van der Waals surface area contributed by atoms with Gasteiger partial charge in [-0.25, -0.2) is 0 Å². The Morgan fingerprint density at radius 3 is 2.48 bits per heavy atom. The lowest BCUT2D eigenvalue weighted by Crippen LogP contribution is -2.41. The molecule has 3 rings (SSSR count). The number of benzene rings is 1. The molecule has 1 aliphatic carbocycles. The lowest BCUT2D eigenvalue weighted by atomic mass is 10.0. The van der Waals surface area contributed by atoms with Crippen LogP contribution in [-0.4, -0.2) is 37.5 Å². The zero-order valence-corrected chi connectivity index (χ0v) is 13.5. The van der Waals surface area contributed by atoms with Crippen LogP contribution in [0.5, 0.6) is 0 Å². The van der Waals surface area contributed by atoms with E-state index < -0.39 is 17.6 Å². The highest BCUT2D eigenvalue weighted by Crippen LogP contribution is 2.34. The summed E-state index contributed by atoms with van der Waals surface area (Å²) in [6.07, 6.45) is -2.67. The number of hydrogen-bond donors (Lipinski definition) is 3. The summed E-state index contributed by atoms with van der Waals surface area (Å²) in [5, 5.41) is 8.58. The van der Waals surface area contributed by atoms with Gasteiger partial charge in [-0.1, -0.05) is 6.07 Å². The van der Waals surface area contributed by atoms with E-state index in [4.69, 9.17) is 0 Å². The molecule has 25 heavy (non-hydrogen) atoms. The van der Waals surface area contributed by atoms with Crippen molar-refractivity contribution in [2.24, 2.45) is 11.8 Å².